The van der Waals surface area contributed by atoms with E-state index in [0.29, 0.717) is 0 Å². The van der Waals surface area contributed by atoms with Crippen LogP contribution in [0.2, 0.25) is 5.02 Å². The number of methoxy groups -OCH3 is 1. The molecule has 0 aromatic heterocycles. The van der Waals surface area contributed by atoms with Crippen molar-refractivity contribution in [2.45, 2.75) is 3.79 Å². The molecule has 0 fully saturated rings. The summed E-state index contributed by atoms with van der Waals surface area (Å²) in [6.45, 7) is 0. The summed E-state index contributed by atoms with van der Waals surface area (Å²) >= 11 is 22.9. The van der Waals surface area contributed by atoms with Crippen LogP contribution in [-0.4, -0.2) is 13.1 Å². The molecule has 0 aliphatic heterocycles. The minimum absolute atomic E-state index is 0.247. The van der Waals surface area contributed by atoms with Crippen LogP contribution in [-0.2, 0) is 8.53 Å². The molecule has 0 N–H and O–H groups in total. The Bertz CT molecular complexity index is 384. The van der Waals surface area contributed by atoms with Gasteiger partial charge < -0.3 is 4.74 Å². The standard InChI is InChI=1S/C9H6Cl4O2/c1-15-8(14)5-2-3-7(10)6(4-5)9(11,12)13/h2-4H,1H3. The van der Waals surface area contributed by atoms with Gasteiger partial charge in [0.05, 0.1) is 12.7 Å². The van der Waals surface area contributed by atoms with Crippen LogP contribution in [0.15, 0.2) is 18.2 Å². The van der Waals surface area contributed by atoms with E-state index in [1.165, 1.54) is 25.3 Å². The molecule has 0 bridgehead atoms. The summed E-state index contributed by atoms with van der Waals surface area (Å²) in [5.74, 6) is -0.512. The first-order chi connectivity index (χ1) is 6.86. The van der Waals surface area contributed by atoms with Gasteiger partial charge in [-0.3, -0.25) is 0 Å². The highest BCUT2D eigenvalue weighted by molar-refractivity contribution is 6.67. The van der Waals surface area contributed by atoms with Crippen molar-refractivity contribution in [2.24, 2.45) is 0 Å². The Hall–Kier alpha value is -0.150. The summed E-state index contributed by atoms with van der Waals surface area (Å²) in [6, 6.07) is 4.36. The summed E-state index contributed by atoms with van der Waals surface area (Å²) in [6.07, 6.45) is 0. The number of carbonyl (C=O) groups is 1. The van der Waals surface area contributed by atoms with E-state index in [1.54, 1.807) is 0 Å². The lowest BCUT2D eigenvalue weighted by molar-refractivity contribution is 0.0600. The highest BCUT2D eigenvalue weighted by Gasteiger charge is 2.26. The zero-order valence-corrected chi connectivity index (χ0v) is 10.6. The fourth-order valence-corrected chi connectivity index (χ4v) is 1.86. The second-order valence-corrected chi connectivity index (χ2v) is 5.37. The molecule has 0 heterocycles. The fourth-order valence-electron chi connectivity index (χ4n) is 0.987. The highest BCUT2D eigenvalue weighted by atomic mass is 35.6. The third-order valence-corrected chi connectivity index (χ3v) is 2.63. The van der Waals surface area contributed by atoms with E-state index < -0.39 is 9.76 Å². The van der Waals surface area contributed by atoms with E-state index in [2.05, 4.69) is 4.74 Å². The van der Waals surface area contributed by atoms with Crippen molar-refractivity contribution >= 4 is 52.4 Å². The van der Waals surface area contributed by atoms with Gasteiger partial charge in [0.1, 0.15) is 0 Å². The predicted octanol–water partition coefficient (Wildman–Crippen LogP) is 3.95. The van der Waals surface area contributed by atoms with Crippen molar-refractivity contribution in [1.29, 1.82) is 0 Å². The number of ether oxygens (including phenoxy) is 1. The second kappa shape index (κ2) is 4.79. The van der Waals surface area contributed by atoms with Crippen LogP contribution in [0, 0.1) is 0 Å². The van der Waals surface area contributed by atoms with Gasteiger partial charge in [-0.1, -0.05) is 46.4 Å². The molecule has 6 heteroatoms. The molecular formula is C9H6Cl4O2. The predicted molar refractivity (Wildman–Crippen MR) is 62.0 cm³/mol. The zero-order valence-electron chi connectivity index (χ0n) is 7.56. The molecule has 1 aromatic carbocycles. The molecular weight excluding hydrogens is 282 g/mol. The van der Waals surface area contributed by atoms with E-state index in [1.807, 2.05) is 0 Å². The molecule has 0 aliphatic rings. The van der Waals surface area contributed by atoms with Gasteiger partial charge in [0.25, 0.3) is 0 Å². The Morgan fingerprint density at radius 1 is 1.33 bits per heavy atom. The molecule has 0 aliphatic carbocycles. The molecule has 1 rings (SSSR count). The smallest absolute Gasteiger partial charge is 0.337 e. The monoisotopic (exact) mass is 286 g/mol. The molecule has 0 saturated carbocycles. The topological polar surface area (TPSA) is 26.3 Å². The summed E-state index contributed by atoms with van der Waals surface area (Å²) in [4.78, 5) is 11.2. The van der Waals surface area contributed by atoms with Crippen LogP contribution in [0.25, 0.3) is 0 Å². The Labute approximate surface area is 107 Å². The normalized spacial score (nSPS) is 11.3. The van der Waals surface area contributed by atoms with Crippen molar-refractivity contribution in [2.75, 3.05) is 7.11 Å². The number of esters is 1. The Balaban J connectivity index is 3.23. The van der Waals surface area contributed by atoms with E-state index >= 15 is 0 Å². The van der Waals surface area contributed by atoms with Gasteiger partial charge >= 0.3 is 5.97 Å². The first kappa shape index (κ1) is 12.9. The summed E-state index contributed by atoms with van der Waals surface area (Å²) in [5, 5.41) is 0.280. The summed E-state index contributed by atoms with van der Waals surface area (Å²) in [5.41, 5.74) is 0.528. The Morgan fingerprint density at radius 3 is 2.40 bits per heavy atom. The van der Waals surface area contributed by atoms with Gasteiger partial charge in [0.15, 0.2) is 0 Å². The molecule has 0 saturated heterocycles. The maximum Gasteiger partial charge on any atom is 0.337 e. The molecule has 15 heavy (non-hydrogen) atoms. The van der Waals surface area contributed by atoms with Crippen LogP contribution in [0.1, 0.15) is 15.9 Å². The number of hydrogen-bond donors (Lipinski definition) is 0. The maximum atomic E-state index is 11.2. The third kappa shape index (κ3) is 3.15. The number of alkyl halides is 3. The number of rotatable bonds is 1. The van der Waals surface area contributed by atoms with E-state index in [4.69, 9.17) is 46.4 Å². The maximum absolute atomic E-state index is 11.2. The van der Waals surface area contributed by atoms with E-state index in [0.717, 1.165) is 0 Å². The summed E-state index contributed by atoms with van der Waals surface area (Å²) in [7, 11) is 1.27. The largest absolute Gasteiger partial charge is 0.465 e. The first-order valence-corrected chi connectivity index (χ1v) is 5.32. The quantitative estimate of drug-likeness (QED) is 0.577. The lowest BCUT2D eigenvalue weighted by Gasteiger charge is -2.13. The van der Waals surface area contributed by atoms with Crippen molar-refractivity contribution in [1.82, 2.24) is 0 Å². The number of hydrogen-bond acceptors (Lipinski definition) is 2. The van der Waals surface area contributed by atoms with E-state index in [9.17, 15) is 4.79 Å². The molecule has 0 atom stereocenters. The van der Waals surface area contributed by atoms with Crippen LogP contribution in [0.3, 0.4) is 0 Å². The fraction of sp³-hybridized carbons (Fsp3) is 0.222. The Morgan fingerprint density at radius 2 is 1.93 bits per heavy atom. The van der Waals surface area contributed by atoms with Crippen molar-refractivity contribution in [3.8, 4) is 0 Å². The lowest BCUT2D eigenvalue weighted by Crippen LogP contribution is -2.06. The van der Waals surface area contributed by atoms with Crippen LogP contribution < -0.4 is 0 Å². The van der Waals surface area contributed by atoms with Crippen molar-refractivity contribution < 1.29 is 9.53 Å². The third-order valence-electron chi connectivity index (χ3n) is 1.69. The van der Waals surface area contributed by atoms with Gasteiger partial charge in [0, 0.05) is 10.6 Å². The van der Waals surface area contributed by atoms with Crippen molar-refractivity contribution in [3.05, 3.63) is 34.3 Å². The zero-order chi connectivity index (χ0) is 11.6. The average Bonchev–Trinajstić information content (AvgIpc) is 2.15. The molecule has 2 nitrogen and oxygen atoms in total. The van der Waals surface area contributed by atoms with Gasteiger partial charge in [-0.25, -0.2) is 4.79 Å². The number of halogens is 4. The number of carbonyl (C=O) groups excluding carboxylic acids is 1. The van der Waals surface area contributed by atoms with Gasteiger partial charge in [-0.15, -0.1) is 0 Å². The second-order valence-electron chi connectivity index (χ2n) is 2.68. The molecule has 0 amide bonds. The SMILES string of the molecule is COC(=O)c1ccc(Cl)c(C(Cl)(Cl)Cl)c1. The average molecular weight is 288 g/mol. The molecule has 1 aromatic rings. The van der Waals surface area contributed by atoms with Gasteiger partial charge in [-0.05, 0) is 18.2 Å². The van der Waals surface area contributed by atoms with Crippen LogP contribution in [0.4, 0.5) is 0 Å². The van der Waals surface area contributed by atoms with Gasteiger partial charge in [-0.2, -0.15) is 0 Å². The highest BCUT2D eigenvalue weighted by Crippen LogP contribution is 2.42. The minimum Gasteiger partial charge on any atom is -0.465 e. The molecule has 0 spiro atoms. The molecule has 0 radical (unpaired) electrons. The van der Waals surface area contributed by atoms with Crippen LogP contribution >= 0.6 is 46.4 Å². The molecule has 0 unspecified atom stereocenters. The Kier molecular flexibility index (Phi) is 4.13. The molecule has 82 valence electrons. The first-order valence-electron chi connectivity index (χ1n) is 3.81. The van der Waals surface area contributed by atoms with E-state index in [-0.39, 0.29) is 16.1 Å². The minimum atomic E-state index is -1.67. The van der Waals surface area contributed by atoms with Gasteiger partial charge in [0.2, 0.25) is 3.79 Å². The summed E-state index contributed by atoms with van der Waals surface area (Å²) < 4.78 is 2.87. The van der Waals surface area contributed by atoms with Crippen LogP contribution in [0.5, 0.6) is 0 Å². The van der Waals surface area contributed by atoms with Crippen molar-refractivity contribution in [3.63, 3.8) is 0 Å². The lowest BCUT2D eigenvalue weighted by atomic mass is 10.1. The number of benzene rings is 1.